The molecule has 2 aromatic rings. The zero-order chi connectivity index (χ0) is 14.7. The van der Waals surface area contributed by atoms with Crippen LogP contribution in [0.5, 0.6) is 0 Å². The number of aliphatic hydroxyl groups is 2. The minimum atomic E-state index is -1.13. The molecule has 108 valence electrons. The summed E-state index contributed by atoms with van der Waals surface area (Å²) in [6, 6.07) is 3.30. The number of aromatic nitrogens is 2. The molecule has 3 atom stereocenters. The van der Waals surface area contributed by atoms with Crippen molar-refractivity contribution in [1.82, 2.24) is 9.55 Å². The van der Waals surface area contributed by atoms with E-state index in [0.717, 1.165) is 0 Å². The Labute approximate surface area is 133 Å². The number of fused-ring (bicyclic) bond motifs is 1. The summed E-state index contributed by atoms with van der Waals surface area (Å²) in [6.45, 7) is 1.73. The number of benzene rings is 1. The number of imidazole rings is 1. The molecular weight excluding hydrogens is 371 g/mol. The molecule has 8 heteroatoms. The standard InChI is InChI=1S/C12H11BrCl2N2O3/c1-12(10(19)9(18)4-20-12)17-8-3-6(15)5(14)2-7(8)16-11(17)13/h2-3,9-10,18-19H,4H2,1H3/t9-,10-,12-/m0/s1. The van der Waals surface area contributed by atoms with Crippen LogP contribution in [0, 0.1) is 0 Å². The highest BCUT2D eigenvalue weighted by atomic mass is 79.9. The Morgan fingerprint density at radius 3 is 2.65 bits per heavy atom. The van der Waals surface area contributed by atoms with Crippen LogP contribution in [0.2, 0.25) is 10.0 Å². The van der Waals surface area contributed by atoms with E-state index in [2.05, 4.69) is 20.9 Å². The zero-order valence-corrected chi connectivity index (χ0v) is 13.4. The monoisotopic (exact) mass is 380 g/mol. The fraction of sp³-hybridized carbons (Fsp3) is 0.417. The molecule has 0 bridgehead atoms. The molecule has 1 aromatic carbocycles. The first-order chi connectivity index (χ1) is 9.34. The first-order valence-electron chi connectivity index (χ1n) is 5.88. The van der Waals surface area contributed by atoms with E-state index in [1.807, 2.05) is 0 Å². The third-order valence-corrected chi connectivity index (χ3v) is 4.81. The fourth-order valence-electron chi connectivity index (χ4n) is 2.45. The number of aliphatic hydroxyl groups excluding tert-OH is 2. The second-order valence-corrected chi connectivity index (χ2v) is 6.37. The predicted octanol–water partition coefficient (Wildman–Crippen LogP) is 2.53. The van der Waals surface area contributed by atoms with E-state index < -0.39 is 17.9 Å². The van der Waals surface area contributed by atoms with E-state index in [4.69, 9.17) is 27.9 Å². The van der Waals surface area contributed by atoms with E-state index in [9.17, 15) is 10.2 Å². The van der Waals surface area contributed by atoms with Gasteiger partial charge in [-0.15, -0.1) is 0 Å². The summed E-state index contributed by atoms with van der Waals surface area (Å²) < 4.78 is 7.70. The van der Waals surface area contributed by atoms with Crippen LogP contribution in [-0.2, 0) is 10.5 Å². The topological polar surface area (TPSA) is 67.5 Å². The highest BCUT2D eigenvalue weighted by Gasteiger charge is 2.48. The normalized spacial score (nSPS) is 30.3. The highest BCUT2D eigenvalue weighted by molar-refractivity contribution is 9.10. The maximum atomic E-state index is 10.2. The molecular formula is C12H11BrCl2N2O3. The van der Waals surface area contributed by atoms with Gasteiger partial charge in [-0.1, -0.05) is 23.2 Å². The molecule has 3 rings (SSSR count). The molecule has 2 N–H and O–H groups in total. The van der Waals surface area contributed by atoms with Gasteiger partial charge in [-0.3, -0.25) is 4.57 Å². The molecule has 1 fully saturated rings. The summed E-state index contributed by atoms with van der Waals surface area (Å²) in [5, 5.41) is 20.7. The second-order valence-electron chi connectivity index (χ2n) is 4.85. The van der Waals surface area contributed by atoms with Crippen LogP contribution >= 0.6 is 39.1 Å². The highest BCUT2D eigenvalue weighted by Crippen LogP contribution is 2.38. The quantitative estimate of drug-likeness (QED) is 0.796. The molecule has 0 saturated carbocycles. The van der Waals surface area contributed by atoms with Crippen LogP contribution in [0.4, 0.5) is 0 Å². The SMILES string of the molecule is C[C@]1(n2c(Br)nc3cc(Cl)c(Cl)cc32)OC[C@H](O)[C@@H]1O. The molecule has 1 saturated heterocycles. The lowest BCUT2D eigenvalue weighted by Gasteiger charge is -2.30. The predicted molar refractivity (Wildman–Crippen MR) is 79.1 cm³/mol. The largest absolute Gasteiger partial charge is 0.388 e. The molecule has 0 amide bonds. The van der Waals surface area contributed by atoms with Gasteiger partial charge in [-0.25, -0.2) is 4.98 Å². The molecule has 5 nitrogen and oxygen atoms in total. The van der Waals surface area contributed by atoms with Crippen LogP contribution in [-0.4, -0.2) is 38.6 Å². The Hall–Kier alpha value is -0.370. The van der Waals surface area contributed by atoms with E-state index in [1.165, 1.54) is 0 Å². The van der Waals surface area contributed by atoms with Gasteiger partial charge in [0.2, 0.25) is 0 Å². The van der Waals surface area contributed by atoms with Crippen LogP contribution in [0.25, 0.3) is 11.0 Å². The Morgan fingerprint density at radius 1 is 1.40 bits per heavy atom. The second kappa shape index (κ2) is 4.83. The van der Waals surface area contributed by atoms with Crippen molar-refractivity contribution in [2.45, 2.75) is 24.9 Å². The Morgan fingerprint density at radius 2 is 2.05 bits per heavy atom. The van der Waals surface area contributed by atoms with Crippen LogP contribution in [0.3, 0.4) is 0 Å². The van der Waals surface area contributed by atoms with Crippen LogP contribution in [0.1, 0.15) is 6.92 Å². The summed E-state index contributed by atoms with van der Waals surface area (Å²) in [5.41, 5.74) is 0.135. The minimum absolute atomic E-state index is 0.0467. The maximum Gasteiger partial charge on any atom is 0.180 e. The fourth-order valence-corrected chi connectivity index (χ4v) is 3.50. The molecule has 2 heterocycles. The zero-order valence-electron chi connectivity index (χ0n) is 10.3. The summed E-state index contributed by atoms with van der Waals surface area (Å²) in [5.74, 6) is 0. The van der Waals surface area contributed by atoms with Crippen molar-refractivity contribution in [3.8, 4) is 0 Å². The maximum absolute atomic E-state index is 10.2. The Bertz CT molecular complexity index is 693. The lowest BCUT2D eigenvalue weighted by molar-refractivity contribution is -0.108. The van der Waals surface area contributed by atoms with Gasteiger partial charge in [0.1, 0.15) is 12.2 Å². The van der Waals surface area contributed by atoms with E-state index in [1.54, 1.807) is 23.6 Å². The molecule has 20 heavy (non-hydrogen) atoms. The van der Waals surface area contributed by atoms with Crippen molar-refractivity contribution in [3.05, 3.63) is 26.9 Å². The first-order valence-corrected chi connectivity index (χ1v) is 7.43. The Kier molecular flexibility index (Phi) is 3.52. The molecule has 1 aliphatic rings. The van der Waals surface area contributed by atoms with Gasteiger partial charge in [0.15, 0.2) is 10.5 Å². The number of nitrogens with zero attached hydrogens (tertiary/aromatic N) is 2. The molecule has 0 spiro atoms. The number of rotatable bonds is 1. The lowest BCUT2D eigenvalue weighted by atomic mass is 10.1. The average Bonchev–Trinajstić information content (AvgIpc) is 2.83. The van der Waals surface area contributed by atoms with Gasteiger partial charge in [0, 0.05) is 0 Å². The van der Waals surface area contributed by atoms with Crippen molar-refractivity contribution in [2.75, 3.05) is 6.61 Å². The summed E-state index contributed by atoms with van der Waals surface area (Å²) in [6.07, 6.45) is -2.03. The van der Waals surface area contributed by atoms with Crippen molar-refractivity contribution >= 4 is 50.2 Å². The molecule has 1 aromatic heterocycles. The third-order valence-electron chi connectivity index (χ3n) is 3.56. The smallest absolute Gasteiger partial charge is 0.180 e. The van der Waals surface area contributed by atoms with E-state index in [0.29, 0.717) is 25.8 Å². The van der Waals surface area contributed by atoms with E-state index >= 15 is 0 Å². The average molecular weight is 382 g/mol. The first kappa shape index (κ1) is 14.6. The van der Waals surface area contributed by atoms with E-state index in [-0.39, 0.29) is 6.61 Å². The van der Waals surface area contributed by atoms with Crippen molar-refractivity contribution in [2.24, 2.45) is 0 Å². The number of halogens is 3. The number of ether oxygens (including phenoxy) is 1. The van der Waals surface area contributed by atoms with Crippen molar-refractivity contribution in [3.63, 3.8) is 0 Å². The van der Waals surface area contributed by atoms with Gasteiger partial charge in [0.05, 0.1) is 27.7 Å². The van der Waals surface area contributed by atoms with Gasteiger partial charge in [0.25, 0.3) is 0 Å². The summed E-state index contributed by atoms with van der Waals surface area (Å²) >= 11 is 15.4. The number of hydrogen-bond acceptors (Lipinski definition) is 4. The van der Waals surface area contributed by atoms with Crippen LogP contribution in [0.15, 0.2) is 16.9 Å². The summed E-state index contributed by atoms with van der Waals surface area (Å²) in [4.78, 5) is 4.33. The van der Waals surface area contributed by atoms with Gasteiger partial charge >= 0.3 is 0 Å². The lowest BCUT2D eigenvalue weighted by Crippen LogP contribution is -2.43. The molecule has 0 aliphatic carbocycles. The van der Waals surface area contributed by atoms with Gasteiger partial charge in [-0.05, 0) is 35.0 Å². The number of hydrogen-bond donors (Lipinski definition) is 2. The van der Waals surface area contributed by atoms with Crippen molar-refractivity contribution < 1.29 is 14.9 Å². The minimum Gasteiger partial charge on any atom is -0.388 e. The van der Waals surface area contributed by atoms with Crippen LogP contribution < -0.4 is 0 Å². The molecule has 1 aliphatic heterocycles. The summed E-state index contributed by atoms with van der Waals surface area (Å²) in [7, 11) is 0. The van der Waals surface area contributed by atoms with Gasteiger partial charge in [-0.2, -0.15) is 0 Å². The van der Waals surface area contributed by atoms with Gasteiger partial charge < -0.3 is 14.9 Å². The third kappa shape index (κ3) is 1.98. The molecule has 0 unspecified atom stereocenters. The van der Waals surface area contributed by atoms with Crippen molar-refractivity contribution in [1.29, 1.82) is 0 Å². The molecule has 0 radical (unpaired) electrons. The Balaban J connectivity index is 2.26.